The van der Waals surface area contributed by atoms with Crippen molar-refractivity contribution in [1.29, 1.82) is 0 Å². The molecule has 1 aliphatic rings. The van der Waals surface area contributed by atoms with Crippen molar-refractivity contribution in [2.24, 2.45) is 11.3 Å². The van der Waals surface area contributed by atoms with Gasteiger partial charge in [-0.05, 0) is 37.0 Å². The summed E-state index contributed by atoms with van der Waals surface area (Å²) in [6, 6.07) is 8.66. The van der Waals surface area contributed by atoms with Crippen molar-refractivity contribution in [1.82, 2.24) is 0 Å². The summed E-state index contributed by atoms with van der Waals surface area (Å²) in [5.74, 6) is 0.635. The minimum absolute atomic E-state index is 0.114. The number of aryl methyl sites for hydroxylation is 1. The van der Waals surface area contributed by atoms with Crippen LogP contribution in [0.25, 0.3) is 0 Å². The lowest BCUT2D eigenvalue weighted by molar-refractivity contribution is -0.127. The van der Waals surface area contributed by atoms with Crippen molar-refractivity contribution in [2.45, 2.75) is 40.0 Å². The topological polar surface area (TPSA) is 20.3 Å². The van der Waals surface area contributed by atoms with E-state index in [4.69, 9.17) is 0 Å². The molecule has 19 heavy (non-hydrogen) atoms. The van der Waals surface area contributed by atoms with Crippen molar-refractivity contribution >= 4 is 11.5 Å². The number of nitrogens with zero attached hydrogens (tertiary/aromatic N) is 1. The number of rotatable bonds is 4. The van der Waals surface area contributed by atoms with E-state index in [1.807, 2.05) is 0 Å². The SMILES string of the molecule is CCc1ccc(N(C)CC2CCC(C)(C)C2=O)cc1. The third kappa shape index (κ3) is 2.99. The molecular weight excluding hydrogens is 234 g/mol. The molecule has 0 radical (unpaired) electrons. The molecule has 1 atom stereocenters. The van der Waals surface area contributed by atoms with Crippen LogP contribution in [0, 0.1) is 11.3 Å². The molecule has 0 N–H and O–H groups in total. The lowest BCUT2D eigenvalue weighted by Gasteiger charge is -2.24. The van der Waals surface area contributed by atoms with Crippen LogP contribution < -0.4 is 4.90 Å². The predicted molar refractivity (Wildman–Crippen MR) is 80.6 cm³/mol. The average Bonchev–Trinajstić information content (AvgIpc) is 2.66. The summed E-state index contributed by atoms with van der Waals surface area (Å²) in [5.41, 5.74) is 2.45. The Bertz CT molecular complexity index is 447. The Kier molecular flexibility index (Phi) is 3.98. The van der Waals surface area contributed by atoms with Gasteiger partial charge >= 0.3 is 0 Å². The van der Waals surface area contributed by atoms with Gasteiger partial charge in [0.15, 0.2) is 0 Å². The molecule has 2 heteroatoms. The van der Waals surface area contributed by atoms with E-state index in [-0.39, 0.29) is 11.3 Å². The van der Waals surface area contributed by atoms with E-state index in [0.29, 0.717) is 5.78 Å². The van der Waals surface area contributed by atoms with Crippen LogP contribution in [0.2, 0.25) is 0 Å². The van der Waals surface area contributed by atoms with E-state index in [9.17, 15) is 4.79 Å². The number of anilines is 1. The minimum atomic E-state index is -0.114. The van der Waals surface area contributed by atoms with Crippen molar-refractivity contribution in [3.8, 4) is 0 Å². The summed E-state index contributed by atoms with van der Waals surface area (Å²) in [5, 5.41) is 0. The van der Waals surface area contributed by atoms with Crippen LogP contribution >= 0.6 is 0 Å². The number of benzene rings is 1. The zero-order valence-electron chi connectivity index (χ0n) is 12.6. The summed E-state index contributed by atoms with van der Waals surface area (Å²) in [6.07, 6.45) is 3.13. The molecule has 1 aromatic carbocycles. The van der Waals surface area contributed by atoms with Crippen molar-refractivity contribution in [3.05, 3.63) is 29.8 Å². The third-order valence-electron chi connectivity index (χ3n) is 4.44. The van der Waals surface area contributed by atoms with E-state index in [1.54, 1.807) is 0 Å². The highest BCUT2D eigenvalue weighted by Gasteiger charge is 2.40. The maximum absolute atomic E-state index is 12.3. The molecule has 0 bridgehead atoms. The molecule has 2 rings (SSSR count). The number of hydrogen-bond donors (Lipinski definition) is 0. The van der Waals surface area contributed by atoms with Gasteiger partial charge in [0.1, 0.15) is 5.78 Å². The van der Waals surface area contributed by atoms with Crippen molar-refractivity contribution in [2.75, 3.05) is 18.5 Å². The zero-order valence-corrected chi connectivity index (χ0v) is 12.6. The Morgan fingerprint density at radius 3 is 2.37 bits per heavy atom. The Labute approximate surface area is 116 Å². The van der Waals surface area contributed by atoms with Gasteiger partial charge in [-0.3, -0.25) is 4.79 Å². The molecule has 1 aliphatic carbocycles. The average molecular weight is 259 g/mol. The second kappa shape index (κ2) is 5.36. The van der Waals surface area contributed by atoms with E-state index in [0.717, 1.165) is 25.8 Å². The molecule has 1 unspecified atom stereocenters. The summed E-state index contributed by atoms with van der Waals surface area (Å²) in [7, 11) is 2.08. The fourth-order valence-corrected chi connectivity index (χ4v) is 2.94. The fourth-order valence-electron chi connectivity index (χ4n) is 2.94. The lowest BCUT2D eigenvalue weighted by Crippen LogP contribution is -2.31. The second-order valence-corrected chi connectivity index (χ2v) is 6.38. The van der Waals surface area contributed by atoms with Gasteiger partial charge < -0.3 is 4.90 Å². The maximum atomic E-state index is 12.3. The summed E-state index contributed by atoms with van der Waals surface area (Å²) in [4.78, 5) is 14.5. The molecule has 1 fully saturated rings. The standard InChI is InChI=1S/C17H25NO/c1-5-13-6-8-15(9-7-13)18(4)12-14-10-11-17(2,3)16(14)19/h6-9,14H,5,10-12H2,1-4H3. The molecule has 2 nitrogen and oxygen atoms in total. The number of ketones is 1. The maximum Gasteiger partial charge on any atom is 0.143 e. The molecule has 0 saturated heterocycles. The number of hydrogen-bond acceptors (Lipinski definition) is 2. The Morgan fingerprint density at radius 1 is 1.26 bits per heavy atom. The van der Waals surface area contributed by atoms with E-state index in [2.05, 4.69) is 57.0 Å². The number of Topliss-reactive ketones (excluding diaryl/α,β-unsaturated/α-hetero) is 1. The Hall–Kier alpha value is -1.31. The van der Waals surface area contributed by atoms with E-state index < -0.39 is 0 Å². The van der Waals surface area contributed by atoms with Gasteiger partial charge in [0.2, 0.25) is 0 Å². The number of carbonyl (C=O) groups excluding carboxylic acids is 1. The lowest BCUT2D eigenvalue weighted by atomic mass is 9.89. The van der Waals surface area contributed by atoms with E-state index >= 15 is 0 Å². The zero-order chi connectivity index (χ0) is 14.0. The van der Waals surface area contributed by atoms with Gasteiger partial charge in [0.05, 0.1) is 0 Å². The normalized spacial score (nSPS) is 21.7. The van der Waals surface area contributed by atoms with Crippen molar-refractivity contribution < 1.29 is 4.79 Å². The Balaban J connectivity index is 2.01. The van der Waals surface area contributed by atoms with Crippen LogP contribution in [-0.4, -0.2) is 19.4 Å². The minimum Gasteiger partial charge on any atom is -0.374 e. The van der Waals surface area contributed by atoms with E-state index in [1.165, 1.54) is 11.3 Å². The molecule has 0 amide bonds. The van der Waals surface area contributed by atoms with Gasteiger partial charge in [-0.1, -0.05) is 32.9 Å². The predicted octanol–water partition coefficient (Wildman–Crippen LogP) is 3.69. The molecule has 104 valence electrons. The van der Waals surface area contributed by atoms with Gasteiger partial charge in [0, 0.05) is 30.6 Å². The summed E-state index contributed by atoms with van der Waals surface area (Å²) < 4.78 is 0. The van der Waals surface area contributed by atoms with Gasteiger partial charge in [-0.2, -0.15) is 0 Å². The highest BCUT2D eigenvalue weighted by atomic mass is 16.1. The van der Waals surface area contributed by atoms with Crippen LogP contribution in [0.15, 0.2) is 24.3 Å². The molecule has 1 saturated carbocycles. The van der Waals surface area contributed by atoms with Gasteiger partial charge in [0.25, 0.3) is 0 Å². The van der Waals surface area contributed by atoms with Gasteiger partial charge in [-0.25, -0.2) is 0 Å². The molecular formula is C17H25NO. The number of carbonyl (C=O) groups is 1. The first-order valence-electron chi connectivity index (χ1n) is 7.28. The van der Waals surface area contributed by atoms with Crippen LogP contribution in [-0.2, 0) is 11.2 Å². The van der Waals surface area contributed by atoms with Crippen LogP contribution in [0.1, 0.15) is 39.2 Å². The first-order valence-corrected chi connectivity index (χ1v) is 7.28. The molecule has 1 aromatic rings. The first-order chi connectivity index (χ1) is 8.94. The van der Waals surface area contributed by atoms with Crippen molar-refractivity contribution in [3.63, 3.8) is 0 Å². The third-order valence-corrected chi connectivity index (χ3v) is 4.44. The van der Waals surface area contributed by atoms with Crippen LogP contribution in [0.3, 0.4) is 0 Å². The smallest absolute Gasteiger partial charge is 0.143 e. The second-order valence-electron chi connectivity index (χ2n) is 6.38. The molecule has 0 heterocycles. The molecule has 0 aliphatic heterocycles. The first kappa shape index (κ1) is 14.1. The highest BCUT2D eigenvalue weighted by Crippen LogP contribution is 2.38. The fraction of sp³-hybridized carbons (Fsp3) is 0.588. The summed E-state index contributed by atoms with van der Waals surface area (Å²) in [6.45, 7) is 7.16. The van der Waals surface area contributed by atoms with Gasteiger partial charge in [-0.15, -0.1) is 0 Å². The highest BCUT2D eigenvalue weighted by molar-refractivity contribution is 5.88. The van der Waals surface area contributed by atoms with Crippen LogP contribution in [0.5, 0.6) is 0 Å². The monoisotopic (exact) mass is 259 g/mol. The van der Waals surface area contributed by atoms with Crippen LogP contribution in [0.4, 0.5) is 5.69 Å². The largest absolute Gasteiger partial charge is 0.374 e. The summed E-state index contributed by atoms with van der Waals surface area (Å²) >= 11 is 0. The molecule has 0 spiro atoms. The Morgan fingerprint density at radius 2 is 1.89 bits per heavy atom. The quantitative estimate of drug-likeness (QED) is 0.822. The molecule has 0 aromatic heterocycles.